The summed E-state index contributed by atoms with van der Waals surface area (Å²) in [6, 6.07) is 15.9. The van der Waals surface area contributed by atoms with Crippen LogP contribution in [0.5, 0.6) is 0 Å². The maximum Gasteiger partial charge on any atom is 0.303 e. The van der Waals surface area contributed by atoms with Crippen LogP contribution in [-0.4, -0.2) is 65.9 Å². The normalized spacial score (nSPS) is 23.0. The number of hydrogen-bond donors (Lipinski definition) is 3. The van der Waals surface area contributed by atoms with Crippen LogP contribution in [-0.2, 0) is 30.4 Å². The smallest absolute Gasteiger partial charge is 0.303 e. The van der Waals surface area contributed by atoms with E-state index in [9.17, 15) is 14.7 Å². The second-order valence-corrected chi connectivity index (χ2v) is 11.1. The van der Waals surface area contributed by atoms with Crippen LogP contribution >= 0.6 is 0 Å². The maximum absolute atomic E-state index is 12.4. The zero-order chi connectivity index (χ0) is 29.0. The summed E-state index contributed by atoms with van der Waals surface area (Å²) in [5, 5.41) is 21.1. The monoisotopic (exact) mass is 568 g/mol. The summed E-state index contributed by atoms with van der Waals surface area (Å²) in [7, 11) is 1.75. The van der Waals surface area contributed by atoms with Gasteiger partial charge in [0.25, 0.3) is 0 Å². The Kier molecular flexibility index (Phi) is 12.1. The maximum atomic E-state index is 12.4. The largest absolute Gasteiger partial charge is 0.481 e. The van der Waals surface area contributed by atoms with Crippen molar-refractivity contribution in [1.82, 2.24) is 4.90 Å². The Balaban J connectivity index is 1.37. The number of unbranched alkanes of at least 4 members (excludes halogenated alkanes) is 3. The number of carboxylic acids is 1. The highest BCUT2D eigenvalue weighted by Gasteiger charge is 2.35. The number of methoxy groups -OCH3 is 1. The molecule has 4 rings (SSSR count). The van der Waals surface area contributed by atoms with E-state index in [4.69, 9.17) is 19.3 Å². The lowest BCUT2D eigenvalue weighted by Crippen LogP contribution is -2.42. The van der Waals surface area contributed by atoms with Gasteiger partial charge in [-0.25, -0.2) is 0 Å². The minimum atomic E-state index is -0.778. The summed E-state index contributed by atoms with van der Waals surface area (Å²) in [4.78, 5) is 25.4. The Morgan fingerprint density at radius 1 is 0.976 bits per heavy atom. The van der Waals surface area contributed by atoms with Crippen molar-refractivity contribution in [3.05, 3.63) is 65.2 Å². The first-order valence-electron chi connectivity index (χ1n) is 14.8. The summed E-state index contributed by atoms with van der Waals surface area (Å²) in [6.45, 7) is 2.57. The molecule has 2 aromatic carbocycles. The molecule has 0 saturated carbocycles. The van der Waals surface area contributed by atoms with Crippen LogP contribution in [0.2, 0.25) is 0 Å². The Bertz CT molecular complexity index is 1090. The fourth-order valence-corrected chi connectivity index (χ4v) is 5.67. The third-order valence-electron chi connectivity index (χ3n) is 7.92. The second kappa shape index (κ2) is 16.0. The van der Waals surface area contributed by atoms with E-state index in [0.29, 0.717) is 24.6 Å². The van der Waals surface area contributed by atoms with Crippen LogP contribution in [0.15, 0.2) is 48.5 Å². The Morgan fingerprint density at radius 3 is 2.37 bits per heavy atom. The summed E-state index contributed by atoms with van der Waals surface area (Å²) >= 11 is 0. The average molecular weight is 569 g/mol. The summed E-state index contributed by atoms with van der Waals surface area (Å²) in [5.41, 5.74) is 3.52. The predicted molar refractivity (Wildman–Crippen MR) is 155 cm³/mol. The van der Waals surface area contributed by atoms with Crippen LogP contribution in [0.1, 0.15) is 86.9 Å². The third kappa shape index (κ3) is 9.61. The molecule has 3 N–H and O–H groups in total. The lowest BCUT2D eigenvalue weighted by Gasteiger charge is -2.38. The quantitative estimate of drug-likeness (QED) is 0.251. The van der Waals surface area contributed by atoms with Crippen molar-refractivity contribution in [2.45, 2.75) is 88.9 Å². The van der Waals surface area contributed by atoms with Gasteiger partial charge in [-0.2, -0.15) is 0 Å². The number of hydrogen-bond acceptors (Lipinski definition) is 7. The fourth-order valence-electron chi connectivity index (χ4n) is 5.67. The first-order chi connectivity index (χ1) is 19.9. The molecule has 0 spiro atoms. The van der Waals surface area contributed by atoms with Gasteiger partial charge in [0, 0.05) is 50.2 Å². The number of nitrogens with one attached hydrogen (secondary N) is 1. The third-order valence-corrected chi connectivity index (χ3v) is 7.92. The molecule has 2 heterocycles. The molecule has 2 aromatic rings. The van der Waals surface area contributed by atoms with Gasteiger partial charge in [0.15, 0.2) is 6.29 Å². The van der Waals surface area contributed by atoms with Gasteiger partial charge in [-0.1, -0.05) is 49.2 Å². The minimum Gasteiger partial charge on any atom is -0.481 e. The molecule has 0 aliphatic carbocycles. The van der Waals surface area contributed by atoms with E-state index in [-0.39, 0.29) is 31.1 Å². The number of carbonyl (C=O) groups is 2. The number of likely N-dealkylation sites (tertiary alicyclic amines) is 1. The van der Waals surface area contributed by atoms with Crippen molar-refractivity contribution in [3.8, 4) is 0 Å². The number of benzene rings is 2. The zero-order valence-electron chi connectivity index (χ0n) is 24.0. The predicted octanol–water partition coefficient (Wildman–Crippen LogP) is 5.20. The van der Waals surface area contributed by atoms with Crippen LogP contribution in [0, 0.1) is 0 Å². The highest BCUT2D eigenvalue weighted by Crippen LogP contribution is 2.39. The molecule has 0 aromatic heterocycles. The number of amides is 1. The van der Waals surface area contributed by atoms with Gasteiger partial charge in [0.2, 0.25) is 5.91 Å². The number of carboxylic acid groups (broad SMARTS) is 1. The molecular weight excluding hydrogens is 524 g/mol. The van der Waals surface area contributed by atoms with Crippen LogP contribution in [0.4, 0.5) is 5.69 Å². The molecule has 4 atom stereocenters. The molecule has 41 heavy (non-hydrogen) atoms. The number of rotatable bonds is 15. The molecular formula is C32H44N2O7. The van der Waals surface area contributed by atoms with Crippen molar-refractivity contribution < 1.29 is 34.0 Å². The first-order valence-corrected chi connectivity index (χ1v) is 14.8. The molecule has 9 heteroatoms. The highest BCUT2D eigenvalue weighted by molar-refractivity contribution is 5.90. The van der Waals surface area contributed by atoms with Crippen LogP contribution in [0.25, 0.3) is 0 Å². The number of anilines is 1. The van der Waals surface area contributed by atoms with E-state index in [1.54, 1.807) is 7.11 Å². The van der Waals surface area contributed by atoms with Gasteiger partial charge in [-0.15, -0.1) is 0 Å². The molecule has 2 aliphatic rings. The minimum absolute atomic E-state index is 0.00565. The SMILES string of the molecule is COC[C@@H]1CCCN1C[C@@H]1C[C@H](c2ccc(CO)cc2)O[C@H](c2ccc(NC(=O)CCCCCCC(=O)O)cc2)O1. The molecule has 2 fully saturated rings. The summed E-state index contributed by atoms with van der Waals surface area (Å²) in [6.07, 6.45) is 5.91. The summed E-state index contributed by atoms with van der Waals surface area (Å²) in [5.74, 6) is -0.830. The van der Waals surface area contributed by atoms with Crippen LogP contribution < -0.4 is 5.32 Å². The average Bonchev–Trinajstić information content (AvgIpc) is 3.41. The van der Waals surface area contributed by atoms with Crippen molar-refractivity contribution in [2.75, 3.05) is 32.1 Å². The van der Waals surface area contributed by atoms with E-state index in [1.807, 2.05) is 48.5 Å². The molecule has 2 aliphatic heterocycles. The molecule has 0 unspecified atom stereocenters. The molecule has 224 valence electrons. The molecule has 9 nitrogen and oxygen atoms in total. The second-order valence-electron chi connectivity index (χ2n) is 11.1. The van der Waals surface area contributed by atoms with Crippen molar-refractivity contribution in [2.24, 2.45) is 0 Å². The Labute approximate surface area is 242 Å². The number of nitrogens with zero attached hydrogens (tertiary/aromatic N) is 1. The number of aliphatic hydroxyl groups excluding tert-OH is 1. The Morgan fingerprint density at radius 2 is 1.68 bits per heavy atom. The van der Waals surface area contributed by atoms with Gasteiger partial charge in [-0.05, 0) is 55.5 Å². The standard InChI is InChI=1S/C32H44N2O7/c1-39-22-27-7-6-18-34(27)20-28-19-29(24-12-10-23(21-35)11-13-24)41-32(40-28)25-14-16-26(17-15-25)33-30(36)8-4-2-3-5-9-31(37)38/h10-17,27-29,32,35H,2-9,18-22H2,1H3,(H,33,36)(H,37,38)/t27-,28-,29+,32+/m0/s1. The van der Waals surface area contributed by atoms with Crippen LogP contribution in [0.3, 0.4) is 0 Å². The van der Waals surface area contributed by atoms with Gasteiger partial charge >= 0.3 is 5.97 Å². The molecule has 2 saturated heterocycles. The molecule has 0 radical (unpaired) electrons. The van der Waals surface area contributed by atoms with E-state index in [2.05, 4.69) is 10.2 Å². The zero-order valence-corrected chi connectivity index (χ0v) is 24.0. The van der Waals surface area contributed by atoms with Crippen molar-refractivity contribution in [3.63, 3.8) is 0 Å². The summed E-state index contributed by atoms with van der Waals surface area (Å²) < 4.78 is 18.4. The van der Waals surface area contributed by atoms with E-state index < -0.39 is 12.3 Å². The number of aliphatic carboxylic acids is 1. The van der Waals surface area contributed by atoms with E-state index >= 15 is 0 Å². The van der Waals surface area contributed by atoms with Gasteiger partial charge in [0.1, 0.15) is 0 Å². The van der Waals surface area contributed by atoms with Gasteiger partial charge < -0.3 is 29.7 Å². The van der Waals surface area contributed by atoms with E-state index in [1.165, 1.54) is 0 Å². The number of aliphatic hydroxyl groups is 1. The fraction of sp³-hybridized carbons (Fsp3) is 0.562. The number of carbonyl (C=O) groups excluding carboxylic acids is 1. The van der Waals surface area contributed by atoms with Crippen molar-refractivity contribution >= 4 is 17.6 Å². The van der Waals surface area contributed by atoms with Gasteiger partial charge in [0.05, 0.1) is 25.4 Å². The first kappa shape index (κ1) is 31.1. The molecule has 1 amide bonds. The molecule has 0 bridgehead atoms. The lowest BCUT2D eigenvalue weighted by molar-refractivity contribution is -0.253. The highest BCUT2D eigenvalue weighted by atomic mass is 16.7. The lowest BCUT2D eigenvalue weighted by atomic mass is 9.99. The van der Waals surface area contributed by atoms with Crippen molar-refractivity contribution in [1.29, 1.82) is 0 Å². The van der Waals surface area contributed by atoms with E-state index in [0.717, 1.165) is 74.9 Å². The Hall–Kier alpha value is -2.82. The topological polar surface area (TPSA) is 118 Å². The van der Waals surface area contributed by atoms with Gasteiger partial charge in [-0.3, -0.25) is 14.5 Å². The number of ether oxygens (including phenoxy) is 3.